The Kier molecular flexibility index (Phi) is 4.56. The van der Waals surface area contributed by atoms with E-state index in [-0.39, 0.29) is 5.75 Å². The van der Waals surface area contributed by atoms with Crippen molar-refractivity contribution in [2.45, 2.75) is 10.9 Å². The number of hydrogen-bond donors (Lipinski definition) is 1. The zero-order valence-electron chi connectivity index (χ0n) is 9.57. The van der Waals surface area contributed by atoms with Crippen molar-refractivity contribution in [3.8, 4) is 0 Å². The highest BCUT2D eigenvalue weighted by molar-refractivity contribution is 8.01. The van der Waals surface area contributed by atoms with Gasteiger partial charge in [0.15, 0.2) is 4.34 Å². The second-order valence-electron chi connectivity index (χ2n) is 3.52. The van der Waals surface area contributed by atoms with E-state index in [1.54, 1.807) is 11.3 Å². The van der Waals surface area contributed by atoms with E-state index in [9.17, 15) is 4.79 Å². The van der Waals surface area contributed by atoms with E-state index in [1.807, 2.05) is 17.3 Å². The fourth-order valence-corrected chi connectivity index (χ4v) is 3.44. The highest BCUT2D eigenvalue weighted by atomic mass is 32.2. The van der Waals surface area contributed by atoms with Gasteiger partial charge in [-0.05, 0) is 22.4 Å². The van der Waals surface area contributed by atoms with Crippen molar-refractivity contribution >= 4 is 45.5 Å². The van der Waals surface area contributed by atoms with Crippen LogP contribution in [-0.2, 0) is 11.3 Å². The van der Waals surface area contributed by atoms with Crippen molar-refractivity contribution in [1.29, 1.82) is 0 Å². The molecule has 0 amide bonds. The van der Waals surface area contributed by atoms with Gasteiger partial charge in [-0.25, -0.2) is 0 Å². The van der Waals surface area contributed by atoms with Crippen LogP contribution in [0, 0.1) is 0 Å². The van der Waals surface area contributed by atoms with Crippen molar-refractivity contribution in [3.05, 3.63) is 22.4 Å². The Labute approximate surface area is 116 Å². The van der Waals surface area contributed by atoms with E-state index in [0.717, 1.165) is 11.7 Å². The quantitative estimate of drug-likeness (QED) is 0.827. The number of hydrogen-bond acceptors (Lipinski definition) is 7. The third kappa shape index (κ3) is 3.69. The highest BCUT2D eigenvalue weighted by Gasteiger charge is 2.11. The number of thiophene rings is 1. The van der Waals surface area contributed by atoms with Gasteiger partial charge < -0.3 is 10.0 Å². The van der Waals surface area contributed by atoms with Gasteiger partial charge in [-0.3, -0.25) is 4.79 Å². The van der Waals surface area contributed by atoms with Gasteiger partial charge in [0, 0.05) is 13.6 Å². The van der Waals surface area contributed by atoms with Crippen LogP contribution in [0.3, 0.4) is 0 Å². The molecule has 18 heavy (non-hydrogen) atoms. The van der Waals surface area contributed by atoms with E-state index < -0.39 is 5.97 Å². The lowest BCUT2D eigenvalue weighted by Gasteiger charge is -2.13. The monoisotopic (exact) mass is 301 g/mol. The maximum atomic E-state index is 10.5. The standard InChI is InChI=1S/C10H11N3O2S3/c1-13(4-7-2-3-16-5-7)9-11-12-10(18-9)17-6-8(14)15/h2-3,5H,4,6H2,1H3,(H,14,15). The van der Waals surface area contributed by atoms with Crippen LogP contribution in [0.2, 0.25) is 0 Å². The molecule has 0 saturated carbocycles. The number of aromatic nitrogens is 2. The van der Waals surface area contributed by atoms with Crippen LogP contribution >= 0.6 is 34.4 Å². The Bertz CT molecular complexity index is 512. The first kappa shape index (κ1) is 13.3. The molecule has 0 aliphatic carbocycles. The van der Waals surface area contributed by atoms with Crippen LogP contribution in [0.25, 0.3) is 0 Å². The first-order chi connectivity index (χ1) is 8.65. The number of anilines is 1. The average molecular weight is 301 g/mol. The van der Waals surface area contributed by atoms with Crippen LogP contribution < -0.4 is 4.90 Å². The van der Waals surface area contributed by atoms with Gasteiger partial charge in [0.2, 0.25) is 5.13 Å². The van der Waals surface area contributed by atoms with Gasteiger partial charge in [-0.15, -0.1) is 10.2 Å². The third-order valence-electron chi connectivity index (χ3n) is 2.04. The van der Waals surface area contributed by atoms with Gasteiger partial charge in [0.1, 0.15) is 0 Å². The number of carboxylic acids is 1. The fourth-order valence-electron chi connectivity index (χ4n) is 1.26. The predicted octanol–water partition coefficient (Wildman–Crippen LogP) is 2.41. The molecule has 0 spiro atoms. The lowest BCUT2D eigenvalue weighted by Crippen LogP contribution is -2.15. The molecule has 1 N–H and O–H groups in total. The molecule has 2 aromatic heterocycles. The minimum atomic E-state index is -0.844. The normalized spacial score (nSPS) is 10.5. The fraction of sp³-hybridized carbons (Fsp3) is 0.300. The van der Waals surface area contributed by atoms with Crippen LogP contribution in [0.4, 0.5) is 5.13 Å². The first-order valence-electron chi connectivity index (χ1n) is 5.05. The summed E-state index contributed by atoms with van der Waals surface area (Å²) in [6.07, 6.45) is 0. The minimum absolute atomic E-state index is 0.0167. The first-order valence-corrected chi connectivity index (χ1v) is 7.80. The van der Waals surface area contributed by atoms with Gasteiger partial charge >= 0.3 is 5.97 Å². The summed E-state index contributed by atoms with van der Waals surface area (Å²) in [5, 5.41) is 21.5. The van der Waals surface area contributed by atoms with Crippen LogP contribution in [0.5, 0.6) is 0 Å². The lowest BCUT2D eigenvalue weighted by molar-refractivity contribution is -0.133. The van der Waals surface area contributed by atoms with Gasteiger partial charge in [-0.2, -0.15) is 11.3 Å². The Hall–Kier alpha value is -1.12. The minimum Gasteiger partial charge on any atom is -0.481 e. The molecular formula is C10H11N3O2S3. The molecule has 0 aliphatic heterocycles. The third-order valence-corrected chi connectivity index (χ3v) is 4.93. The van der Waals surface area contributed by atoms with Gasteiger partial charge in [-0.1, -0.05) is 23.1 Å². The molecule has 0 saturated heterocycles. The molecule has 0 radical (unpaired) electrons. The molecular weight excluding hydrogens is 290 g/mol. The zero-order valence-corrected chi connectivity index (χ0v) is 12.0. The van der Waals surface area contributed by atoms with Gasteiger partial charge in [0.05, 0.1) is 5.75 Å². The lowest BCUT2D eigenvalue weighted by atomic mass is 10.3. The van der Waals surface area contributed by atoms with Crippen molar-refractivity contribution in [3.63, 3.8) is 0 Å². The molecule has 0 fully saturated rings. The highest BCUT2D eigenvalue weighted by Crippen LogP contribution is 2.28. The SMILES string of the molecule is CN(Cc1ccsc1)c1nnc(SCC(=O)O)s1. The number of rotatable bonds is 6. The molecule has 5 nitrogen and oxygen atoms in total. The summed E-state index contributed by atoms with van der Waals surface area (Å²) < 4.78 is 0.685. The van der Waals surface area contributed by atoms with E-state index in [0.29, 0.717) is 4.34 Å². The molecule has 0 atom stereocenters. The van der Waals surface area contributed by atoms with Crippen molar-refractivity contribution in [2.24, 2.45) is 0 Å². The average Bonchev–Trinajstić information content (AvgIpc) is 2.96. The number of carboxylic acid groups (broad SMARTS) is 1. The number of thioether (sulfide) groups is 1. The summed E-state index contributed by atoms with van der Waals surface area (Å²) in [5.41, 5.74) is 1.23. The van der Waals surface area contributed by atoms with E-state index >= 15 is 0 Å². The summed E-state index contributed by atoms with van der Waals surface area (Å²) in [6, 6.07) is 2.07. The topological polar surface area (TPSA) is 66.3 Å². The molecule has 2 aromatic rings. The second kappa shape index (κ2) is 6.17. The smallest absolute Gasteiger partial charge is 0.313 e. The van der Waals surface area contributed by atoms with Gasteiger partial charge in [0.25, 0.3) is 0 Å². The van der Waals surface area contributed by atoms with Crippen molar-refractivity contribution < 1.29 is 9.90 Å². The summed E-state index contributed by atoms with van der Waals surface area (Å²) in [6.45, 7) is 0.779. The van der Waals surface area contributed by atoms with Crippen LogP contribution in [0.15, 0.2) is 21.2 Å². The molecule has 2 rings (SSSR count). The Balaban J connectivity index is 1.94. The van der Waals surface area contributed by atoms with Crippen molar-refractivity contribution in [1.82, 2.24) is 10.2 Å². The summed E-state index contributed by atoms with van der Waals surface area (Å²) in [4.78, 5) is 12.5. The van der Waals surface area contributed by atoms with Crippen LogP contribution in [0.1, 0.15) is 5.56 Å². The van der Waals surface area contributed by atoms with Crippen molar-refractivity contribution in [2.75, 3.05) is 17.7 Å². The predicted molar refractivity (Wildman–Crippen MR) is 74.7 cm³/mol. The molecule has 0 unspecified atom stereocenters. The maximum absolute atomic E-state index is 10.5. The Morgan fingerprint density at radius 2 is 2.39 bits per heavy atom. The molecule has 8 heteroatoms. The maximum Gasteiger partial charge on any atom is 0.313 e. The second-order valence-corrected chi connectivity index (χ2v) is 6.48. The number of aliphatic carboxylic acids is 1. The zero-order chi connectivity index (χ0) is 13.0. The Morgan fingerprint density at radius 3 is 3.06 bits per heavy atom. The number of carbonyl (C=O) groups is 1. The largest absolute Gasteiger partial charge is 0.481 e. The molecule has 2 heterocycles. The number of nitrogens with zero attached hydrogens (tertiary/aromatic N) is 3. The van der Waals surface area contributed by atoms with E-state index in [4.69, 9.17) is 5.11 Å². The summed E-state index contributed by atoms with van der Waals surface area (Å²) >= 11 is 4.27. The molecule has 0 bridgehead atoms. The van der Waals surface area contributed by atoms with E-state index in [1.165, 1.54) is 28.7 Å². The summed E-state index contributed by atoms with van der Waals surface area (Å²) in [7, 11) is 1.95. The molecule has 0 aliphatic rings. The van der Waals surface area contributed by atoms with E-state index in [2.05, 4.69) is 21.6 Å². The Morgan fingerprint density at radius 1 is 1.56 bits per heavy atom. The molecule has 0 aromatic carbocycles. The van der Waals surface area contributed by atoms with Crippen LogP contribution in [-0.4, -0.2) is 34.1 Å². The summed E-state index contributed by atoms with van der Waals surface area (Å²) in [5.74, 6) is -0.827. The molecule has 96 valence electrons.